The molecule has 0 N–H and O–H groups in total. The van der Waals surface area contributed by atoms with E-state index in [4.69, 9.17) is 9.47 Å². The Kier molecular flexibility index (Phi) is 6.66. The van der Waals surface area contributed by atoms with Gasteiger partial charge in [-0.05, 0) is 53.7 Å². The zero-order valence-electron chi connectivity index (χ0n) is 16.5. The first-order valence-electron chi connectivity index (χ1n) is 8.09. The van der Waals surface area contributed by atoms with E-state index >= 15 is 0 Å². The largest absolute Gasteiger partial charge is 0.465 e. The number of rotatable bonds is 3. The number of anilines is 1. The number of hydrogen-bond donors (Lipinski definition) is 0. The zero-order valence-corrected chi connectivity index (χ0v) is 16.5. The van der Waals surface area contributed by atoms with Gasteiger partial charge in [-0.15, -0.1) is 0 Å². The number of amides is 2. The van der Waals surface area contributed by atoms with E-state index < -0.39 is 35.2 Å². The van der Waals surface area contributed by atoms with Gasteiger partial charge in [0.2, 0.25) is 0 Å². The van der Waals surface area contributed by atoms with Crippen molar-refractivity contribution in [1.82, 2.24) is 4.98 Å². The maximum Gasteiger partial charge on any atom is 0.425 e. The Balaban J connectivity index is 3.58. The van der Waals surface area contributed by atoms with E-state index in [9.17, 15) is 19.2 Å². The summed E-state index contributed by atoms with van der Waals surface area (Å²) in [5.74, 6) is -1.28. The molecule has 1 rings (SSSR count). The second-order valence-corrected chi connectivity index (χ2v) is 7.51. The summed E-state index contributed by atoms with van der Waals surface area (Å²) < 4.78 is 15.1. The number of esters is 1. The fraction of sp³-hybridized carbons (Fsp3) is 0.500. The first-order chi connectivity index (χ1) is 12.3. The van der Waals surface area contributed by atoms with Gasteiger partial charge in [-0.2, -0.15) is 4.90 Å². The molecule has 0 saturated heterocycles. The lowest BCUT2D eigenvalue weighted by Crippen LogP contribution is -2.45. The topological polar surface area (TPSA) is 112 Å². The maximum atomic E-state index is 12.7. The number of ether oxygens (including phenoxy) is 3. The Morgan fingerprint density at radius 2 is 1.44 bits per heavy atom. The number of nitrogens with zero attached hydrogens (tertiary/aromatic N) is 2. The summed E-state index contributed by atoms with van der Waals surface area (Å²) in [5, 5.41) is 0. The molecular formula is C18H24N2O7. The Morgan fingerprint density at radius 1 is 0.963 bits per heavy atom. The molecule has 0 unspecified atom stereocenters. The number of aromatic nitrogens is 1. The first kappa shape index (κ1) is 22.1. The Morgan fingerprint density at radius 3 is 1.81 bits per heavy atom. The molecule has 0 bridgehead atoms. The molecule has 2 amide bonds. The SMILES string of the molecule is COC(=O)c1ccc(C=O)nc1N(C(=O)OC(C)(C)C)C(=O)OC(C)(C)C. The van der Waals surface area contributed by atoms with Crippen LogP contribution in [-0.2, 0) is 14.2 Å². The van der Waals surface area contributed by atoms with Crippen LogP contribution in [0.2, 0.25) is 0 Å². The van der Waals surface area contributed by atoms with Crippen molar-refractivity contribution in [3.8, 4) is 0 Å². The van der Waals surface area contributed by atoms with Crippen molar-refractivity contribution >= 4 is 30.3 Å². The lowest BCUT2D eigenvalue weighted by atomic mass is 10.2. The van der Waals surface area contributed by atoms with Crippen molar-refractivity contribution in [3.05, 3.63) is 23.4 Å². The molecule has 0 aliphatic heterocycles. The summed E-state index contributed by atoms with van der Waals surface area (Å²) >= 11 is 0. The van der Waals surface area contributed by atoms with Gasteiger partial charge >= 0.3 is 18.2 Å². The molecule has 1 aromatic heterocycles. The molecule has 27 heavy (non-hydrogen) atoms. The zero-order chi connectivity index (χ0) is 21.0. The van der Waals surface area contributed by atoms with Crippen LogP contribution in [0.25, 0.3) is 0 Å². The Hall–Kier alpha value is -2.97. The van der Waals surface area contributed by atoms with E-state index in [0.29, 0.717) is 11.2 Å². The average molecular weight is 380 g/mol. The third-order valence-electron chi connectivity index (χ3n) is 2.79. The van der Waals surface area contributed by atoms with Gasteiger partial charge in [0.05, 0.1) is 7.11 Å². The summed E-state index contributed by atoms with van der Waals surface area (Å²) in [7, 11) is 1.13. The molecule has 1 heterocycles. The van der Waals surface area contributed by atoms with Crippen LogP contribution in [0.4, 0.5) is 15.4 Å². The molecule has 0 radical (unpaired) electrons. The van der Waals surface area contributed by atoms with Gasteiger partial charge in [-0.1, -0.05) is 0 Å². The van der Waals surface area contributed by atoms with Gasteiger partial charge in [-0.25, -0.2) is 19.4 Å². The van der Waals surface area contributed by atoms with E-state index in [0.717, 1.165) is 7.11 Å². The van der Waals surface area contributed by atoms with Gasteiger partial charge in [0, 0.05) is 0 Å². The molecule has 1 aromatic rings. The van der Waals surface area contributed by atoms with Gasteiger partial charge in [0.1, 0.15) is 22.5 Å². The van der Waals surface area contributed by atoms with Crippen molar-refractivity contribution in [2.75, 3.05) is 12.0 Å². The van der Waals surface area contributed by atoms with Crippen LogP contribution in [0.3, 0.4) is 0 Å². The molecule has 0 aliphatic rings. The van der Waals surface area contributed by atoms with Crippen molar-refractivity contribution in [1.29, 1.82) is 0 Å². The number of aldehydes is 1. The van der Waals surface area contributed by atoms with E-state index in [1.54, 1.807) is 41.5 Å². The molecule has 0 spiro atoms. The van der Waals surface area contributed by atoms with Crippen LogP contribution in [0.15, 0.2) is 12.1 Å². The minimum atomic E-state index is -1.11. The van der Waals surface area contributed by atoms with Crippen LogP contribution < -0.4 is 4.90 Å². The predicted octanol–water partition coefficient (Wildman–Crippen LogP) is 3.36. The fourth-order valence-corrected chi connectivity index (χ4v) is 1.83. The van der Waals surface area contributed by atoms with E-state index in [-0.39, 0.29) is 11.3 Å². The normalized spacial score (nSPS) is 11.4. The van der Waals surface area contributed by atoms with Crippen molar-refractivity contribution < 1.29 is 33.4 Å². The quantitative estimate of drug-likeness (QED) is 0.446. The minimum Gasteiger partial charge on any atom is -0.465 e. The van der Waals surface area contributed by atoms with Crippen molar-refractivity contribution in [2.45, 2.75) is 52.7 Å². The standard InChI is InChI=1S/C18H24N2O7/c1-17(2,3)26-15(23)20(16(24)27-18(4,5)6)13-12(14(22)25-7)9-8-11(10-21)19-13/h8-10H,1-7H3. The lowest BCUT2D eigenvalue weighted by Gasteiger charge is -2.28. The van der Waals surface area contributed by atoms with Gasteiger partial charge in [0.25, 0.3) is 0 Å². The number of carbonyl (C=O) groups excluding carboxylic acids is 4. The fourth-order valence-electron chi connectivity index (χ4n) is 1.83. The smallest absolute Gasteiger partial charge is 0.425 e. The van der Waals surface area contributed by atoms with Crippen LogP contribution in [0.5, 0.6) is 0 Å². The van der Waals surface area contributed by atoms with Crippen LogP contribution in [0, 0.1) is 0 Å². The number of imide groups is 1. The third-order valence-corrected chi connectivity index (χ3v) is 2.79. The first-order valence-corrected chi connectivity index (χ1v) is 8.09. The molecule has 0 aromatic carbocycles. The molecule has 0 fully saturated rings. The Bertz CT molecular complexity index is 717. The highest BCUT2D eigenvalue weighted by molar-refractivity contribution is 6.12. The predicted molar refractivity (Wildman–Crippen MR) is 95.9 cm³/mol. The van der Waals surface area contributed by atoms with Crippen LogP contribution in [-0.4, -0.2) is 47.7 Å². The highest BCUT2D eigenvalue weighted by Gasteiger charge is 2.36. The lowest BCUT2D eigenvalue weighted by molar-refractivity contribution is 0.0428. The summed E-state index contributed by atoms with van der Waals surface area (Å²) in [6.45, 7) is 9.63. The monoisotopic (exact) mass is 380 g/mol. The third kappa shape index (κ3) is 6.36. The van der Waals surface area contributed by atoms with Crippen molar-refractivity contribution in [2.24, 2.45) is 0 Å². The second kappa shape index (κ2) is 8.15. The number of methoxy groups -OCH3 is 1. The van der Waals surface area contributed by atoms with Gasteiger partial charge in [0.15, 0.2) is 12.1 Å². The summed E-state index contributed by atoms with van der Waals surface area (Å²) in [4.78, 5) is 52.9. The Labute approximate surface area is 157 Å². The number of carbonyl (C=O) groups is 4. The summed E-state index contributed by atoms with van der Waals surface area (Å²) in [6, 6.07) is 2.48. The molecule has 9 nitrogen and oxygen atoms in total. The van der Waals surface area contributed by atoms with Crippen molar-refractivity contribution in [3.63, 3.8) is 0 Å². The molecule has 0 atom stereocenters. The van der Waals surface area contributed by atoms with Crippen LogP contribution >= 0.6 is 0 Å². The van der Waals surface area contributed by atoms with Gasteiger partial charge in [-0.3, -0.25) is 4.79 Å². The average Bonchev–Trinajstić information content (AvgIpc) is 2.50. The maximum absolute atomic E-state index is 12.7. The second-order valence-electron chi connectivity index (χ2n) is 7.51. The molecule has 0 aliphatic carbocycles. The summed E-state index contributed by atoms with van der Waals surface area (Å²) in [6.07, 6.45) is -1.82. The summed E-state index contributed by atoms with van der Waals surface area (Å²) in [5.41, 5.74) is -2.19. The highest BCUT2D eigenvalue weighted by atomic mass is 16.6. The van der Waals surface area contributed by atoms with E-state index in [1.165, 1.54) is 12.1 Å². The van der Waals surface area contributed by atoms with Crippen LogP contribution in [0.1, 0.15) is 62.4 Å². The van der Waals surface area contributed by atoms with E-state index in [2.05, 4.69) is 9.72 Å². The number of hydrogen-bond acceptors (Lipinski definition) is 8. The highest BCUT2D eigenvalue weighted by Crippen LogP contribution is 2.24. The van der Waals surface area contributed by atoms with Gasteiger partial charge < -0.3 is 14.2 Å². The molecule has 0 saturated carbocycles. The molecule has 9 heteroatoms. The molecular weight excluding hydrogens is 356 g/mol. The van der Waals surface area contributed by atoms with E-state index in [1.807, 2.05) is 0 Å². The molecule has 148 valence electrons. The number of pyridine rings is 1. The minimum absolute atomic E-state index is 0.102.